The van der Waals surface area contributed by atoms with Gasteiger partial charge in [0.15, 0.2) is 0 Å². The third-order valence-electron chi connectivity index (χ3n) is 3.84. The Hall–Kier alpha value is -0.870. The van der Waals surface area contributed by atoms with E-state index in [1.165, 1.54) is 37.9 Å². The molecule has 1 N–H and O–H groups in total. The van der Waals surface area contributed by atoms with Crippen LogP contribution in [0.5, 0.6) is 0 Å². The lowest BCUT2D eigenvalue weighted by Gasteiger charge is -2.27. The molecule has 1 aliphatic rings. The van der Waals surface area contributed by atoms with Crippen molar-refractivity contribution in [3.05, 3.63) is 18.2 Å². The van der Waals surface area contributed by atoms with Crippen molar-refractivity contribution in [1.29, 1.82) is 0 Å². The van der Waals surface area contributed by atoms with Gasteiger partial charge in [-0.2, -0.15) is 0 Å². The molecule has 1 aromatic rings. The summed E-state index contributed by atoms with van der Waals surface area (Å²) in [6.07, 6.45) is 9.01. The fourth-order valence-corrected chi connectivity index (χ4v) is 2.75. The van der Waals surface area contributed by atoms with Crippen LogP contribution in [0.4, 0.5) is 0 Å². The number of rotatable bonds is 5. The summed E-state index contributed by atoms with van der Waals surface area (Å²) >= 11 is 0. The first-order valence-corrected chi connectivity index (χ1v) is 7.21. The maximum atomic E-state index is 4.28. The lowest BCUT2D eigenvalue weighted by Crippen LogP contribution is -2.32. The van der Waals surface area contributed by atoms with Gasteiger partial charge in [0, 0.05) is 25.3 Å². The normalized spacial score (nSPS) is 21.2. The molecule has 2 rings (SSSR count). The van der Waals surface area contributed by atoms with E-state index in [9.17, 15) is 0 Å². The van der Waals surface area contributed by atoms with Crippen LogP contribution in [0, 0.1) is 0 Å². The molecule has 1 aliphatic heterocycles. The molecule has 1 fully saturated rings. The van der Waals surface area contributed by atoms with Crippen molar-refractivity contribution < 1.29 is 0 Å². The summed E-state index contributed by atoms with van der Waals surface area (Å²) in [5, 5.41) is 3.48. The Kier molecular flexibility index (Phi) is 5.20. The molecule has 0 amide bonds. The van der Waals surface area contributed by atoms with Gasteiger partial charge in [0.2, 0.25) is 0 Å². The summed E-state index contributed by atoms with van der Waals surface area (Å²) in [4.78, 5) is 6.78. The number of hydrogen-bond donors (Lipinski definition) is 1. The van der Waals surface area contributed by atoms with Crippen LogP contribution >= 0.6 is 0 Å². The van der Waals surface area contributed by atoms with Gasteiger partial charge < -0.3 is 9.88 Å². The van der Waals surface area contributed by atoms with Crippen molar-refractivity contribution >= 4 is 0 Å². The monoisotopic (exact) mass is 250 g/mol. The molecule has 0 radical (unpaired) electrons. The maximum absolute atomic E-state index is 4.28. The third kappa shape index (κ3) is 3.56. The van der Waals surface area contributed by atoms with Gasteiger partial charge >= 0.3 is 0 Å². The zero-order chi connectivity index (χ0) is 12.8. The van der Waals surface area contributed by atoms with E-state index >= 15 is 0 Å². The highest BCUT2D eigenvalue weighted by Gasteiger charge is 2.17. The average Bonchev–Trinajstić information content (AvgIpc) is 2.66. The predicted octanol–water partition coefficient (Wildman–Crippen LogP) is 1.87. The van der Waals surface area contributed by atoms with E-state index in [0.717, 1.165) is 19.6 Å². The Morgan fingerprint density at radius 1 is 1.44 bits per heavy atom. The van der Waals surface area contributed by atoms with Crippen LogP contribution in [-0.4, -0.2) is 40.6 Å². The SMILES string of the molecule is CCCn1cncc1CN(C)C1CCCNCC1. The molecule has 18 heavy (non-hydrogen) atoms. The van der Waals surface area contributed by atoms with Crippen molar-refractivity contribution in [2.75, 3.05) is 20.1 Å². The minimum Gasteiger partial charge on any atom is -0.333 e. The topological polar surface area (TPSA) is 33.1 Å². The molecular formula is C14H26N4. The zero-order valence-electron chi connectivity index (χ0n) is 11.7. The van der Waals surface area contributed by atoms with E-state index in [1.807, 2.05) is 12.5 Å². The molecular weight excluding hydrogens is 224 g/mol. The lowest BCUT2D eigenvalue weighted by atomic mass is 10.1. The van der Waals surface area contributed by atoms with Crippen molar-refractivity contribution in [1.82, 2.24) is 19.8 Å². The Morgan fingerprint density at radius 2 is 2.33 bits per heavy atom. The largest absolute Gasteiger partial charge is 0.333 e. The molecule has 0 aliphatic carbocycles. The number of nitrogens with one attached hydrogen (secondary N) is 1. The van der Waals surface area contributed by atoms with Gasteiger partial charge in [0.05, 0.1) is 12.0 Å². The molecule has 0 bridgehead atoms. The van der Waals surface area contributed by atoms with Gasteiger partial charge in [-0.1, -0.05) is 6.92 Å². The van der Waals surface area contributed by atoms with Gasteiger partial charge in [-0.25, -0.2) is 4.98 Å². The second kappa shape index (κ2) is 6.90. The molecule has 4 heteroatoms. The first-order valence-electron chi connectivity index (χ1n) is 7.21. The van der Waals surface area contributed by atoms with E-state index in [0.29, 0.717) is 6.04 Å². The predicted molar refractivity (Wildman–Crippen MR) is 74.5 cm³/mol. The van der Waals surface area contributed by atoms with Gasteiger partial charge in [-0.3, -0.25) is 4.90 Å². The van der Waals surface area contributed by atoms with Crippen molar-refractivity contribution in [2.45, 2.75) is 51.7 Å². The fourth-order valence-electron chi connectivity index (χ4n) is 2.75. The van der Waals surface area contributed by atoms with Gasteiger partial charge in [0.25, 0.3) is 0 Å². The van der Waals surface area contributed by atoms with Crippen LogP contribution in [0.25, 0.3) is 0 Å². The number of aryl methyl sites for hydroxylation is 1. The number of hydrogen-bond acceptors (Lipinski definition) is 3. The van der Waals surface area contributed by atoms with Gasteiger partial charge in [-0.15, -0.1) is 0 Å². The van der Waals surface area contributed by atoms with E-state index in [2.05, 4.69) is 33.7 Å². The van der Waals surface area contributed by atoms with E-state index < -0.39 is 0 Å². The lowest BCUT2D eigenvalue weighted by molar-refractivity contribution is 0.211. The Labute approximate surface area is 110 Å². The van der Waals surface area contributed by atoms with Crippen LogP contribution in [0.15, 0.2) is 12.5 Å². The van der Waals surface area contributed by atoms with Gasteiger partial charge in [-0.05, 0) is 45.8 Å². The quantitative estimate of drug-likeness (QED) is 0.866. The second-order valence-electron chi connectivity index (χ2n) is 5.33. The number of aromatic nitrogens is 2. The molecule has 0 spiro atoms. The summed E-state index contributed by atoms with van der Waals surface area (Å²) in [5.74, 6) is 0. The van der Waals surface area contributed by atoms with E-state index in [1.54, 1.807) is 0 Å². The number of nitrogens with zero attached hydrogens (tertiary/aromatic N) is 3. The Bertz CT molecular complexity index is 339. The van der Waals surface area contributed by atoms with Crippen LogP contribution in [0.1, 0.15) is 38.3 Å². The van der Waals surface area contributed by atoms with E-state index in [4.69, 9.17) is 0 Å². The highest BCUT2D eigenvalue weighted by Crippen LogP contribution is 2.15. The minimum absolute atomic E-state index is 0.713. The van der Waals surface area contributed by atoms with Crippen LogP contribution in [0.3, 0.4) is 0 Å². The summed E-state index contributed by atoms with van der Waals surface area (Å²) in [7, 11) is 2.25. The molecule has 1 atom stereocenters. The molecule has 2 heterocycles. The minimum atomic E-state index is 0.713. The molecule has 1 aromatic heterocycles. The average molecular weight is 250 g/mol. The van der Waals surface area contributed by atoms with Crippen LogP contribution < -0.4 is 5.32 Å². The van der Waals surface area contributed by atoms with E-state index in [-0.39, 0.29) is 0 Å². The molecule has 1 unspecified atom stereocenters. The Morgan fingerprint density at radius 3 is 3.17 bits per heavy atom. The molecule has 4 nitrogen and oxygen atoms in total. The summed E-state index contributed by atoms with van der Waals surface area (Å²) in [6, 6.07) is 0.713. The van der Waals surface area contributed by atoms with Crippen molar-refractivity contribution in [2.24, 2.45) is 0 Å². The molecule has 1 saturated heterocycles. The third-order valence-corrected chi connectivity index (χ3v) is 3.84. The first kappa shape index (κ1) is 13.6. The smallest absolute Gasteiger partial charge is 0.0948 e. The van der Waals surface area contributed by atoms with Crippen molar-refractivity contribution in [3.8, 4) is 0 Å². The maximum Gasteiger partial charge on any atom is 0.0948 e. The standard InChI is InChI=1S/C14H26N4/c1-3-9-18-12-16-10-14(18)11-17(2)13-5-4-7-15-8-6-13/h10,12-13,15H,3-9,11H2,1-2H3. The highest BCUT2D eigenvalue weighted by molar-refractivity contribution is 4.98. The summed E-state index contributed by atoms with van der Waals surface area (Å²) in [6.45, 7) is 6.64. The zero-order valence-corrected chi connectivity index (χ0v) is 11.7. The van der Waals surface area contributed by atoms with Crippen LogP contribution in [-0.2, 0) is 13.1 Å². The Balaban J connectivity index is 1.92. The molecule has 0 saturated carbocycles. The fraction of sp³-hybridized carbons (Fsp3) is 0.786. The van der Waals surface area contributed by atoms with Crippen LogP contribution in [0.2, 0.25) is 0 Å². The molecule has 102 valence electrons. The summed E-state index contributed by atoms with van der Waals surface area (Å²) in [5.41, 5.74) is 1.34. The molecule has 0 aromatic carbocycles. The van der Waals surface area contributed by atoms with Gasteiger partial charge in [0.1, 0.15) is 0 Å². The number of imidazole rings is 1. The van der Waals surface area contributed by atoms with Crippen molar-refractivity contribution in [3.63, 3.8) is 0 Å². The first-order chi connectivity index (χ1) is 8.81. The highest BCUT2D eigenvalue weighted by atomic mass is 15.2. The second-order valence-corrected chi connectivity index (χ2v) is 5.33. The summed E-state index contributed by atoms with van der Waals surface area (Å²) < 4.78 is 2.28.